The van der Waals surface area contributed by atoms with Gasteiger partial charge in [0, 0.05) is 12.8 Å². The van der Waals surface area contributed by atoms with Crippen LogP contribution in [0.4, 0.5) is 30.7 Å². The van der Waals surface area contributed by atoms with E-state index in [-0.39, 0.29) is 30.1 Å². The van der Waals surface area contributed by atoms with Gasteiger partial charge in [-0.25, -0.2) is 4.39 Å². The van der Waals surface area contributed by atoms with Gasteiger partial charge >= 0.3 is 18.0 Å². The van der Waals surface area contributed by atoms with Crippen molar-refractivity contribution in [3.8, 4) is 11.8 Å². The van der Waals surface area contributed by atoms with Crippen molar-refractivity contribution in [3.63, 3.8) is 0 Å². The molecule has 0 amide bonds. The molecule has 3 N–H and O–H groups in total. The molecule has 3 nitrogen and oxygen atoms in total. The summed E-state index contributed by atoms with van der Waals surface area (Å²) < 4.78 is 94.1. The number of hydrogen-bond donors (Lipinski definition) is 3. The van der Waals surface area contributed by atoms with E-state index in [1.165, 1.54) is 0 Å². The summed E-state index contributed by atoms with van der Waals surface area (Å²) in [6, 6.07) is 0. The van der Waals surface area contributed by atoms with Gasteiger partial charge in [-0.15, -0.1) is 0 Å². The van der Waals surface area contributed by atoms with Crippen LogP contribution in [0.3, 0.4) is 0 Å². The number of rotatable bonds is 7. The van der Waals surface area contributed by atoms with Gasteiger partial charge in [-0.05, 0) is 105 Å². The van der Waals surface area contributed by atoms with E-state index < -0.39 is 41.2 Å². The van der Waals surface area contributed by atoms with E-state index >= 15 is 0 Å². The molecule has 43 heavy (non-hydrogen) atoms. The van der Waals surface area contributed by atoms with Gasteiger partial charge in [0.1, 0.15) is 6.17 Å². The van der Waals surface area contributed by atoms with Crippen molar-refractivity contribution >= 4 is 0 Å². The molecule has 0 aliphatic heterocycles. The molecule has 0 spiro atoms. The van der Waals surface area contributed by atoms with E-state index in [1.807, 2.05) is 19.1 Å². The third-order valence-electron chi connectivity index (χ3n) is 10.1. The number of halogens is 7. The average molecular weight is 623 g/mol. The Morgan fingerprint density at radius 1 is 1.00 bits per heavy atom. The Morgan fingerprint density at radius 3 is 2.21 bits per heavy atom. The Bertz CT molecular complexity index is 1140. The fourth-order valence-electron chi connectivity index (χ4n) is 7.81. The number of hydrogen-bond acceptors (Lipinski definition) is 3. The molecule has 0 aromatic heterocycles. The lowest BCUT2D eigenvalue weighted by molar-refractivity contribution is -0.343. The predicted molar refractivity (Wildman–Crippen MR) is 151 cm³/mol. The topological polar surface area (TPSA) is 60.7 Å². The van der Waals surface area contributed by atoms with Gasteiger partial charge in [0.05, 0.1) is 11.7 Å². The lowest BCUT2D eigenvalue weighted by atomic mass is 9.55. The van der Waals surface area contributed by atoms with Crippen LogP contribution in [-0.2, 0) is 0 Å². The van der Waals surface area contributed by atoms with Crippen molar-refractivity contribution in [3.05, 3.63) is 35.5 Å². The largest absolute Gasteiger partial charge is 0.438 e. The van der Waals surface area contributed by atoms with Gasteiger partial charge in [-0.2, -0.15) is 26.3 Å². The first-order chi connectivity index (χ1) is 19.5. The molecule has 0 aromatic carbocycles. The molecule has 0 radical (unpaired) electrons. The van der Waals surface area contributed by atoms with Crippen molar-refractivity contribution in [2.75, 3.05) is 0 Å². The minimum Gasteiger partial charge on any atom is -0.393 e. The maximum atomic E-state index is 14.3. The van der Waals surface area contributed by atoms with E-state index in [4.69, 9.17) is 0 Å². The maximum Gasteiger partial charge on any atom is 0.438 e. The lowest BCUT2D eigenvalue weighted by Gasteiger charge is -2.49. The second-order valence-corrected chi connectivity index (χ2v) is 14.1. The number of aliphatic hydroxyl groups is 3. The van der Waals surface area contributed by atoms with Crippen LogP contribution < -0.4 is 0 Å². The van der Waals surface area contributed by atoms with Crippen molar-refractivity contribution in [1.82, 2.24) is 0 Å². The van der Waals surface area contributed by atoms with E-state index in [9.17, 15) is 46.1 Å². The van der Waals surface area contributed by atoms with Gasteiger partial charge in [-0.1, -0.05) is 50.5 Å². The molecule has 244 valence electrons. The first kappa shape index (κ1) is 35.6. The van der Waals surface area contributed by atoms with E-state index in [1.54, 1.807) is 13.8 Å². The summed E-state index contributed by atoms with van der Waals surface area (Å²) in [5.74, 6) is 3.28. The van der Waals surface area contributed by atoms with Gasteiger partial charge in [0.15, 0.2) is 0 Å². The summed E-state index contributed by atoms with van der Waals surface area (Å²) in [4.78, 5) is 0. The number of fused-ring (bicyclic) bond motifs is 1. The quantitative estimate of drug-likeness (QED) is 0.198. The third kappa shape index (κ3) is 7.70. The molecule has 3 saturated carbocycles. The highest BCUT2D eigenvalue weighted by atomic mass is 19.4. The van der Waals surface area contributed by atoms with Crippen molar-refractivity contribution < 1.29 is 46.1 Å². The average Bonchev–Trinajstić information content (AvgIpc) is 3.21. The standard InChI is InChI=1S/C33H45F7O3/c1-21-23(19-24(41)20-26(21)34)11-10-22-9-6-17-30(5)25(22)12-13-27(30)29(4,15-7-14-28(2,3)42)16-8-18-31(43,32(35,36)37)33(38,39)40/h10-11,24-27,41-43H,1,6-7,9,12-17,19-20H2,2-5H3/b22-10+,23-11-/t24-,25?,26+,27-,29+,30+/m1/s1. The highest BCUT2D eigenvalue weighted by Gasteiger charge is 2.70. The minimum absolute atomic E-state index is 0.0212. The highest BCUT2D eigenvalue weighted by Crippen LogP contribution is 2.63. The minimum atomic E-state index is -6.01. The summed E-state index contributed by atoms with van der Waals surface area (Å²) in [5, 5.41) is 29.9. The number of aliphatic hydroxyl groups excluding tert-OH is 1. The van der Waals surface area contributed by atoms with Gasteiger partial charge in [0.25, 0.3) is 0 Å². The van der Waals surface area contributed by atoms with Crippen LogP contribution >= 0.6 is 0 Å². The van der Waals surface area contributed by atoms with Gasteiger partial charge in [0.2, 0.25) is 0 Å². The van der Waals surface area contributed by atoms with Gasteiger partial charge < -0.3 is 15.3 Å². The van der Waals surface area contributed by atoms with Crippen LogP contribution in [0.2, 0.25) is 0 Å². The highest BCUT2D eigenvalue weighted by molar-refractivity contribution is 5.39. The third-order valence-corrected chi connectivity index (χ3v) is 10.1. The summed E-state index contributed by atoms with van der Waals surface area (Å²) >= 11 is 0. The second-order valence-electron chi connectivity index (χ2n) is 14.1. The molecule has 10 heteroatoms. The summed E-state index contributed by atoms with van der Waals surface area (Å²) in [7, 11) is 0. The van der Waals surface area contributed by atoms with Crippen molar-refractivity contribution in [2.24, 2.45) is 22.7 Å². The Labute approximate surface area is 250 Å². The zero-order chi connectivity index (χ0) is 32.6. The fraction of sp³-hybridized carbons (Fsp3) is 0.758. The van der Waals surface area contributed by atoms with E-state index in [0.29, 0.717) is 43.3 Å². The van der Waals surface area contributed by atoms with E-state index in [2.05, 4.69) is 19.4 Å². The Hall–Kier alpha value is -1.83. The molecule has 3 rings (SSSR count). The van der Waals surface area contributed by atoms with E-state index in [0.717, 1.165) is 37.2 Å². The summed E-state index contributed by atoms with van der Waals surface area (Å²) in [6.07, 6.45) is -5.02. The Balaban J connectivity index is 1.95. The summed E-state index contributed by atoms with van der Waals surface area (Å²) in [5.41, 5.74) is -5.05. The number of alkyl halides is 7. The maximum absolute atomic E-state index is 14.3. The molecular weight excluding hydrogens is 577 g/mol. The van der Waals surface area contributed by atoms with Crippen LogP contribution in [0.15, 0.2) is 35.5 Å². The van der Waals surface area contributed by atoms with Crippen LogP contribution in [0, 0.1) is 34.5 Å². The Morgan fingerprint density at radius 2 is 1.63 bits per heavy atom. The molecule has 1 unspecified atom stereocenters. The van der Waals surface area contributed by atoms with Crippen LogP contribution in [0.5, 0.6) is 0 Å². The normalized spacial score (nSPS) is 32.4. The zero-order valence-corrected chi connectivity index (χ0v) is 25.4. The zero-order valence-electron chi connectivity index (χ0n) is 25.4. The number of allylic oxidation sites excluding steroid dienone is 4. The van der Waals surface area contributed by atoms with Crippen LogP contribution in [0.25, 0.3) is 0 Å². The Kier molecular flexibility index (Phi) is 10.4. The predicted octanol–water partition coefficient (Wildman–Crippen LogP) is 8.30. The first-order valence-corrected chi connectivity index (χ1v) is 15.0. The lowest BCUT2D eigenvalue weighted by Crippen LogP contribution is -2.55. The molecule has 0 bridgehead atoms. The second kappa shape index (κ2) is 12.5. The smallest absolute Gasteiger partial charge is 0.393 e. The molecule has 0 heterocycles. The fourth-order valence-corrected chi connectivity index (χ4v) is 7.81. The molecule has 0 aromatic rings. The molecule has 6 atom stereocenters. The molecular formula is C33H45F7O3. The summed E-state index contributed by atoms with van der Waals surface area (Å²) in [6.45, 7) is 11.1. The van der Waals surface area contributed by atoms with Crippen LogP contribution in [0.1, 0.15) is 98.3 Å². The molecule has 3 aliphatic rings. The monoisotopic (exact) mass is 622 g/mol. The molecule has 0 saturated heterocycles. The van der Waals surface area contributed by atoms with Crippen molar-refractivity contribution in [2.45, 2.75) is 134 Å². The molecule has 3 aliphatic carbocycles. The SMILES string of the molecule is C=C1/C(=C\C=C2/CCC[C@@]3(C)C2CC[C@@H]3[C@](C)(CC#CC(O)(C(F)(F)F)C(F)(F)F)CCCC(C)(C)O)C[C@@H](O)C[C@@H]1F. The van der Waals surface area contributed by atoms with Crippen LogP contribution in [-0.4, -0.2) is 51.1 Å². The molecule has 3 fully saturated rings. The first-order valence-electron chi connectivity index (χ1n) is 15.0. The van der Waals surface area contributed by atoms with Crippen molar-refractivity contribution in [1.29, 1.82) is 0 Å². The van der Waals surface area contributed by atoms with Gasteiger partial charge in [-0.3, -0.25) is 0 Å².